The number of hydrogen-bond donors (Lipinski definition) is 1. The van der Waals surface area contributed by atoms with E-state index in [0.29, 0.717) is 12.8 Å². The Morgan fingerprint density at radius 2 is 1.79 bits per heavy atom. The van der Waals surface area contributed by atoms with Gasteiger partial charge < -0.3 is 10.0 Å². The van der Waals surface area contributed by atoms with E-state index in [9.17, 15) is 13.5 Å². The Kier molecular flexibility index (Phi) is 6.27. The van der Waals surface area contributed by atoms with Crippen LogP contribution in [0, 0.1) is 0 Å². The second-order valence-corrected chi connectivity index (χ2v) is 8.43. The molecule has 0 bridgehead atoms. The number of nitrogens with zero attached hydrogens (tertiary/aromatic N) is 1. The highest BCUT2D eigenvalue weighted by Crippen LogP contribution is 2.36. The molecule has 1 atom stereocenters. The molecule has 1 N–H and O–H groups in total. The van der Waals surface area contributed by atoms with E-state index >= 15 is 0 Å². The van der Waals surface area contributed by atoms with Gasteiger partial charge in [-0.2, -0.15) is 0 Å². The van der Waals surface area contributed by atoms with Gasteiger partial charge in [0.05, 0.1) is 11.9 Å². The summed E-state index contributed by atoms with van der Waals surface area (Å²) >= 11 is 0. The van der Waals surface area contributed by atoms with Crippen LogP contribution in [-0.2, 0) is 9.84 Å². The Labute approximate surface area is 118 Å². The van der Waals surface area contributed by atoms with Crippen LogP contribution in [-0.4, -0.2) is 55.7 Å². The molecule has 0 amide bonds. The topological polar surface area (TPSA) is 57.6 Å². The van der Waals surface area contributed by atoms with E-state index in [1.54, 1.807) is 6.92 Å². The highest BCUT2D eigenvalue weighted by Gasteiger charge is 2.40. The first-order chi connectivity index (χ1) is 8.84. The summed E-state index contributed by atoms with van der Waals surface area (Å²) in [6.07, 6.45) is 6.31. The van der Waals surface area contributed by atoms with Crippen molar-refractivity contribution < 1.29 is 13.5 Å². The van der Waals surface area contributed by atoms with E-state index in [1.807, 2.05) is 14.1 Å². The smallest absolute Gasteiger partial charge is 0.150 e. The van der Waals surface area contributed by atoms with Crippen LogP contribution in [0.15, 0.2) is 0 Å². The summed E-state index contributed by atoms with van der Waals surface area (Å²) in [5.74, 6) is 0.395. The van der Waals surface area contributed by atoms with Crippen molar-refractivity contribution in [2.45, 2.75) is 63.5 Å². The van der Waals surface area contributed by atoms with Gasteiger partial charge in [0.2, 0.25) is 0 Å². The Hall–Kier alpha value is -0.130. The SMILES string of the molecule is CCS(=O)(=O)CCCC(O)C1(N(C)C)CCCCC1. The monoisotopic (exact) mass is 291 g/mol. The minimum atomic E-state index is -2.91. The van der Waals surface area contributed by atoms with Crippen LogP contribution in [0.4, 0.5) is 0 Å². The lowest BCUT2D eigenvalue weighted by atomic mass is 9.75. The number of rotatable bonds is 7. The lowest BCUT2D eigenvalue weighted by molar-refractivity contribution is -0.0356. The molecule has 0 radical (unpaired) electrons. The number of hydrogen-bond acceptors (Lipinski definition) is 4. The fourth-order valence-corrected chi connectivity index (χ4v) is 4.05. The first-order valence-electron chi connectivity index (χ1n) is 7.40. The van der Waals surface area contributed by atoms with E-state index in [1.165, 1.54) is 6.42 Å². The van der Waals surface area contributed by atoms with Crippen LogP contribution in [0.25, 0.3) is 0 Å². The molecular formula is C14H29NO3S. The van der Waals surface area contributed by atoms with Crippen molar-refractivity contribution in [2.75, 3.05) is 25.6 Å². The Morgan fingerprint density at radius 3 is 2.26 bits per heavy atom. The minimum Gasteiger partial charge on any atom is -0.391 e. The van der Waals surface area contributed by atoms with Crippen LogP contribution < -0.4 is 0 Å². The van der Waals surface area contributed by atoms with Gasteiger partial charge in [-0.15, -0.1) is 0 Å². The Morgan fingerprint density at radius 1 is 1.21 bits per heavy atom. The number of likely N-dealkylation sites (N-methyl/N-ethyl adjacent to an activating group) is 1. The number of sulfone groups is 1. The molecule has 0 spiro atoms. The molecule has 1 fully saturated rings. The second-order valence-electron chi connectivity index (χ2n) is 5.95. The third kappa shape index (κ3) is 4.43. The number of aliphatic hydroxyl groups is 1. The molecule has 1 unspecified atom stereocenters. The van der Waals surface area contributed by atoms with E-state index in [2.05, 4.69) is 4.90 Å². The predicted molar refractivity (Wildman–Crippen MR) is 79.1 cm³/mol. The van der Waals surface area contributed by atoms with Gasteiger partial charge in [0.25, 0.3) is 0 Å². The summed E-state index contributed by atoms with van der Waals surface area (Å²) in [6, 6.07) is 0. The third-order valence-electron chi connectivity index (χ3n) is 4.60. The zero-order valence-electron chi connectivity index (χ0n) is 12.6. The maximum Gasteiger partial charge on any atom is 0.150 e. The van der Waals surface area contributed by atoms with E-state index in [-0.39, 0.29) is 17.0 Å². The van der Waals surface area contributed by atoms with Gasteiger partial charge in [-0.3, -0.25) is 0 Å². The molecule has 4 nitrogen and oxygen atoms in total. The first kappa shape index (κ1) is 16.9. The van der Waals surface area contributed by atoms with Crippen molar-refractivity contribution in [3.63, 3.8) is 0 Å². The van der Waals surface area contributed by atoms with Gasteiger partial charge >= 0.3 is 0 Å². The largest absolute Gasteiger partial charge is 0.391 e. The third-order valence-corrected chi connectivity index (χ3v) is 6.39. The van der Waals surface area contributed by atoms with Crippen LogP contribution in [0.3, 0.4) is 0 Å². The lowest BCUT2D eigenvalue weighted by Crippen LogP contribution is -2.54. The highest BCUT2D eigenvalue weighted by molar-refractivity contribution is 7.91. The fraction of sp³-hybridized carbons (Fsp3) is 1.00. The molecule has 5 heteroatoms. The van der Waals surface area contributed by atoms with Crippen LogP contribution in [0.2, 0.25) is 0 Å². The fourth-order valence-electron chi connectivity index (χ4n) is 3.15. The second kappa shape index (κ2) is 7.04. The molecule has 0 aromatic carbocycles. The lowest BCUT2D eigenvalue weighted by Gasteiger charge is -2.46. The van der Waals surface area contributed by atoms with Crippen LogP contribution >= 0.6 is 0 Å². The normalized spacial score (nSPS) is 21.5. The molecule has 19 heavy (non-hydrogen) atoms. The molecule has 0 heterocycles. The molecule has 1 saturated carbocycles. The van der Waals surface area contributed by atoms with Gasteiger partial charge in [-0.05, 0) is 39.8 Å². The molecule has 1 aliphatic carbocycles. The molecule has 0 aromatic heterocycles. The molecule has 0 aliphatic heterocycles. The summed E-state index contributed by atoms with van der Waals surface area (Å²) in [4.78, 5) is 2.14. The first-order valence-corrected chi connectivity index (χ1v) is 9.22. The summed E-state index contributed by atoms with van der Waals surface area (Å²) in [6.45, 7) is 1.67. The average molecular weight is 291 g/mol. The van der Waals surface area contributed by atoms with Crippen molar-refractivity contribution in [3.05, 3.63) is 0 Å². The van der Waals surface area contributed by atoms with Crippen molar-refractivity contribution in [1.82, 2.24) is 4.90 Å². The molecule has 1 aliphatic rings. The summed E-state index contributed by atoms with van der Waals surface area (Å²) in [7, 11) is 1.14. The van der Waals surface area contributed by atoms with E-state index < -0.39 is 15.9 Å². The molecule has 0 aromatic rings. The standard InChI is InChI=1S/C14H29NO3S/c1-4-19(17,18)12-8-9-13(16)14(15(2)3)10-6-5-7-11-14/h13,16H,4-12H2,1-3H3. The average Bonchev–Trinajstić information content (AvgIpc) is 2.39. The molecule has 114 valence electrons. The quantitative estimate of drug-likeness (QED) is 0.777. The van der Waals surface area contributed by atoms with Gasteiger partial charge in [0.1, 0.15) is 9.84 Å². The number of aliphatic hydroxyl groups excluding tert-OH is 1. The predicted octanol–water partition coefficient (Wildman–Crippen LogP) is 1.83. The molecular weight excluding hydrogens is 262 g/mol. The Balaban J connectivity index is 2.56. The summed E-state index contributed by atoms with van der Waals surface area (Å²) in [5, 5.41) is 10.5. The molecule has 1 rings (SSSR count). The maximum absolute atomic E-state index is 11.5. The zero-order chi connectivity index (χ0) is 14.5. The van der Waals surface area contributed by atoms with Crippen molar-refractivity contribution in [1.29, 1.82) is 0 Å². The Bertz CT molecular complexity index is 359. The van der Waals surface area contributed by atoms with E-state index in [0.717, 1.165) is 25.7 Å². The van der Waals surface area contributed by atoms with Gasteiger partial charge in [0.15, 0.2) is 0 Å². The summed E-state index contributed by atoms with van der Waals surface area (Å²) in [5.41, 5.74) is -0.145. The van der Waals surface area contributed by atoms with Gasteiger partial charge in [-0.25, -0.2) is 8.42 Å². The molecule has 0 saturated heterocycles. The van der Waals surface area contributed by atoms with Crippen molar-refractivity contribution in [3.8, 4) is 0 Å². The highest BCUT2D eigenvalue weighted by atomic mass is 32.2. The van der Waals surface area contributed by atoms with Crippen LogP contribution in [0.1, 0.15) is 51.9 Å². The van der Waals surface area contributed by atoms with Gasteiger partial charge in [0, 0.05) is 11.3 Å². The zero-order valence-corrected chi connectivity index (χ0v) is 13.4. The minimum absolute atomic E-state index is 0.145. The van der Waals surface area contributed by atoms with Crippen LogP contribution in [0.5, 0.6) is 0 Å². The van der Waals surface area contributed by atoms with Crippen molar-refractivity contribution >= 4 is 9.84 Å². The van der Waals surface area contributed by atoms with E-state index in [4.69, 9.17) is 0 Å². The van der Waals surface area contributed by atoms with Crippen molar-refractivity contribution in [2.24, 2.45) is 0 Å². The summed E-state index contributed by atoms with van der Waals surface area (Å²) < 4.78 is 23.0. The maximum atomic E-state index is 11.5. The van der Waals surface area contributed by atoms with Gasteiger partial charge in [-0.1, -0.05) is 26.2 Å².